The van der Waals surface area contributed by atoms with Gasteiger partial charge in [-0.05, 0) is 43.7 Å². The van der Waals surface area contributed by atoms with Crippen LogP contribution < -0.4 is 0 Å². The van der Waals surface area contributed by atoms with E-state index in [2.05, 4.69) is 12.3 Å². The molecule has 3 heteroatoms. The van der Waals surface area contributed by atoms with Crippen molar-refractivity contribution >= 4 is 5.76 Å². The van der Waals surface area contributed by atoms with Crippen LogP contribution in [-0.4, -0.2) is 18.3 Å². The van der Waals surface area contributed by atoms with Gasteiger partial charge in [0.2, 0.25) is 0 Å². The van der Waals surface area contributed by atoms with Crippen LogP contribution in [0.15, 0.2) is 47.9 Å². The van der Waals surface area contributed by atoms with Gasteiger partial charge in [0.05, 0.1) is 6.61 Å². The third-order valence-corrected chi connectivity index (χ3v) is 2.84. The smallest absolute Gasteiger partial charge is 0.175 e. The van der Waals surface area contributed by atoms with E-state index in [4.69, 9.17) is 9.47 Å². The lowest BCUT2D eigenvalue weighted by atomic mass is 10.1. The second-order valence-electron chi connectivity index (χ2n) is 4.35. The first-order chi connectivity index (χ1) is 9.62. The molecule has 0 radical (unpaired) electrons. The standard InChI is InChI=1S/C17H22O3/c1-5-16(13(4)12-19-7-3)20-17(6-2)14-8-10-15(18)11-9-14/h8-11,18H,2,5,7,12H2,1,3-4H3. The van der Waals surface area contributed by atoms with Gasteiger partial charge in [0.25, 0.3) is 0 Å². The van der Waals surface area contributed by atoms with E-state index in [1.165, 1.54) is 0 Å². The number of rotatable bonds is 7. The van der Waals surface area contributed by atoms with Crippen molar-refractivity contribution in [2.24, 2.45) is 0 Å². The van der Waals surface area contributed by atoms with Crippen LogP contribution in [0.5, 0.6) is 5.75 Å². The zero-order valence-electron chi connectivity index (χ0n) is 12.4. The number of ether oxygens (including phenoxy) is 2. The molecule has 0 spiro atoms. The van der Waals surface area contributed by atoms with Crippen molar-refractivity contribution < 1.29 is 14.6 Å². The van der Waals surface area contributed by atoms with E-state index in [0.29, 0.717) is 19.0 Å². The summed E-state index contributed by atoms with van der Waals surface area (Å²) in [5, 5.41) is 9.31. The van der Waals surface area contributed by atoms with Crippen LogP contribution in [-0.2, 0) is 9.47 Å². The Morgan fingerprint density at radius 1 is 1.25 bits per heavy atom. The molecule has 0 amide bonds. The Labute approximate surface area is 120 Å². The van der Waals surface area contributed by atoms with Gasteiger partial charge in [-0.15, -0.1) is 0 Å². The molecule has 0 aromatic heterocycles. The number of benzene rings is 1. The lowest BCUT2D eigenvalue weighted by Crippen LogP contribution is -2.01. The average Bonchev–Trinajstić information content (AvgIpc) is 2.47. The van der Waals surface area contributed by atoms with Crippen molar-refractivity contribution in [3.8, 4) is 5.75 Å². The van der Waals surface area contributed by atoms with Gasteiger partial charge in [-0.2, -0.15) is 0 Å². The van der Waals surface area contributed by atoms with Gasteiger partial charge in [-0.3, -0.25) is 0 Å². The van der Waals surface area contributed by atoms with Crippen molar-refractivity contribution in [3.63, 3.8) is 0 Å². The van der Waals surface area contributed by atoms with Crippen LogP contribution in [0.1, 0.15) is 32.8 Å². The number of hydrogen-bond acceptors (Lipinski definition) is 3. The molecule has 0 aliphatic carbocycles. The highest BCUT2D eigenvalue weighted by Crippen LogP contribution is 2.23. The second kappa shape index (κ2) is 8.26. The van der Waals surface area contributed by atoms with Crippen molar-refractivity contribution in [2.45, 2.75) is 27.2 Å². The van der Waals surface area contributed by atoms with E-state index in [9.17, 15) is 5.11 Å². The Morgan fingerprint density at radius 3 is 2.40 bits per heavy atom. The van der Waals surface area contributed by atoms with E-state index in [0.717, 1.165) is 23.3 Å². The lowest BCUT2D eigenvalue weighted by molar-refractivity contribution is 0.166. The van der Waals surface area contributed by atoms with Crippen molar-refractivity contribution in [2.75, 3.05) is 13.2 Å². The van der Waals surface area contributed by atoms with Gasteiger partial charge in [-0.25, -0.2) is 0 Å². The number of phenolic OH excluding ortho intramolecular Hbond substituents is 1. The molecule has 1 aromatic rings. The maximum absolute atomic E-state index is 9.31. The van der Waals surface area contributed by atoms with Gasteiger partial charge in [0.1, 0.15) is 11.5 Å². The molecule has 0 unspecified atom stereocenters. The Balaban J connectivity index is 2.91. The fourth-order valence-electron chi connectivity index (χ4n) is 1.73. The fourth-order valence-corrected chi connectivity index (χ4v) is 1.73. The SMILES string of the molecule is C=C=C(OC(CC)=C(C)COCC)c1ccc(O)cc1. The van der Waals surface area contributed by atoms with E-state index in [1.54, 1.807) is 24.3 Å². The molecule has 1 aromatic carbocycles. The fraction of sp³-hybridized carbons (Fsp3) is 0.353. The predicted molar refractivity (Wildman–Crippen MR) is 81.2 cm³/mol. The van der Waals surface area contributed by atoms with Gasteiger partial charge < -0.3 is 14.6 Å². The van der Waals surface area contributed by atoms with Gasteiger partial charge in [-0.1, -0.05) is 19.2 Å². The highest BCUT2D eigenvalue weighted by Gasteiger charge is 2.08. The highest BCUT2D eigenvalue weighted by molar-refractivity contribution is 5.60. The first kappa shape index (κ1) is 16.1. The highest BCUT2D eigenvalue weighted by atomic mass is 16.5. The summed E-state index contributed by atoms with van der Waals surface area (Å²) in [5.74, 6) is 1.63. The summed E-state index contributed by atoms with van der Waals surface area (Å²) >= 11 is 0. The van der Waals surface area contributed by atoms with Crippen LogP contribution in [0.25, 0.3) is 5.76 Å². The number of hydrogen-bond donors (Lipinski definition) is 1. The molecular weight excluding hydrogens is 252 g/mol. The first-order valence-electron chi connectivity index (χ1n) is 6.76. The second-order valence-corrected chi connectivity index (χ2v) is 4.35. The number of allylic oxidation sites excluding steroid dienone is 1. The van der Waals surface area contributed by atoms with E-state index >= 15 is 0 Å². The Kier molecular flexibility index (Phi) is 6.65. The molecule has 0 aliphatic heterocycles. The van der Waals surface area contributed by atoms with Crippen LogP contribution in [0, 0.1) is 0 Å². The summed E-state index contributed by atoms with van der Waals surface area (Å²) in [7, 11) is 0. The average molecular weight is 274 g/mol. The van der Waals surface area contributed by atoms with E-state index in [-0.39, 0.29) is 5.75 Å². The van der Waals surface area contributed by atoms with Crippen LogP contribution in [0.2, 0.25) is 0 Å². The third kappa shape index (κ3) is 4.61. The molecule has 1 rings (SSSR count). The monoisotopic (exact) mass is 274 g/mol. The zero-order valence-corrected chi connectivity index (χ0v) is 12.4. The largest absolute Gasteiger partial charge is 0.508 e. The molecule has 0 bridgehead atoms. The number of aromatic hydroxyl groups is 1. The molecular formula is C17H22O3. The summed E-state index contributed by atoms with van der Waals surface area (Å²) in [6.45, 7) is 10.9. The van der Waals surface area contributed by atoms with Gasteiger partial charge in [0.15, 0.2) is 5.76 Å². The molecule has 0 saturated carbocycles. The lowest BCUT2D eigenvalue weighted by Gasteiger charge is -2.14. The van der Waals surface area contributed by atoms with Crippen molar-refractivity contribution in [1.82, 2.24) is 0 Å². The van der Waals surface area contributed by atoms with Gasteiger partial charge >= 0.3 is 0 Å². The van der Waals surface area contributed by atoms with Crippen LogP contribution in [0.3, 0.4) is 0 Å². The van der Waals surface area contributed by atoms with Crippen molar-refractivity contribution in [3.05, 3.63) is 53.5 Å². The van der Waals surface area contributed by atoms with Gasteiger partial charge in [0, 0.05) is 18.6 Å². The summed E-state index contributed by atoms with van der Waals surface area (Å²) < 4.78 is 11.3. The normalized spacial score (nSPS) is 11.6. The molecule has 0 aliphatic rings. The maximum Gasteiger partial charge on any atom is 0.175 e. The minimum atomic E-state index is 0.218. The third-order valence-electron chi connectivity index (χ3n) is 2.84. The molecule has 1 N–H and O–H groups in total. The predicted octanol–water partition coefficient (Wildman–Crippen LogP) is 4.26. The maximum atomic E-state index is 9.31. The minimum absolute atomic E-state index is 0.218. The molecule has 0 atom stereocenters. The number of phenols is 1. The first-order valence-corrected chi connectivity index (χ1v) is 6.76. The molecule has 3 nitrogen and oxygen atoms in total. The quantitative estimate of drug-likeness (QED) is 0.596. The summed E-state index contributed by atoms with van der Waals surface area (Å²) in [6.07, 6.45) is 0.766. The van der Waals surface area contributed by atoms with Crippen molar-refractivity contribution in [1.29, 1.82) is 0 Å². The molecule has 0 saturated heterocycles. The summed E-state index contributed by atoms with van der Waals surface area (Å²) in [6, 6.07) is 6.76. The topological polar surface area (TPSA) is 38.7 Å². The molecule has 0 heterocycles. The Morgan fingerprint density at radius 2 is 1.90 bits per heavy atom. The zero-order chi connectivity index (χ0) is 15.0. The van der Waals surface area contributed by atoms with E-state index < -0.39 is 0 Å². The Bertz CT molecular complexity index is 506. The molecule has 20 heavy (non-hydrogen) atoms. The van der Waals surface area contributed by atoms with Crippen LogP contribution >= 0.6 is 0 Å². The Hall–Kier alpha value is -1.96. The molecule has 0 fully saturated rings. The summed E-state index contributed by atoms with van der Waals surface area (Å²) in [5.41, 5.74) is 4.68. The minimum Gasteiger partial charge on any atom is -0.508 e. The summed E-state index contributed by atoms with van der Waals surface area (Å²) in [4.78, 5) is 0. The molecule has 108 valence electrons. The van der Waals surface area contributed by atoms with E-state index in [1.807, 2.05) is 20.8 Å². The van der Waals surface area contributed by atoms with Crippen LogP contribution in [0.4, 0.5) is 0 Å².